The van der Waals surface area contributed by atoms with Gasteiger partial charge in [-0.05, 0) is 24.3 Å². The number of ether oxygens (including phenoxy) is 1. The van der Waals surface area contributed by atoms with E-state index in [2.05, 4.69) is 14.9 Å². The van der Waals surface area contributed by atoms with Crippen molar-refractivity contribution in [3.05, 3.63) is 57.3 Å². The predicted octanol–water partition coefficient (Wildman–Crippen LogP) is 3.90. The van der Waals surface area contributed by atoms with Crippen molar-refractivity contribution in [3.63, 3.8) is 0 Å². The molecule has 0 radical (unpaired) electrons. The average Bonchev–Trinajstić information content (AvgIpc) is 3.11. The first-order valence-electron chi connectivity index (χ1n) is 9.66. The van der Waals surface area contributed by atoms with Gasteiger partial charge in [-0.2, -0.15) is 0 Å². The zero-order valence-corrected chi connectivity index (χ0v) is 17.3. The van der Waals surface area contributed by atoms with E-state index in [1.807, 2.05) is 18.2 Å². The van der Waals surface area contributed by atoms with Crippen LogP contribution in [0.2, 0.25) is 10.0 Å². The molecule has 2 aliphatic rings. The van der Waals surface area contributed by atoms with Gasteiger partial charge in [0.15, 0.2) is 0 Å². The number of morpholine rings is 1. The summed E-state index contributed by atoms with van der Waals surface area (Å²) in [5.74, 6) is 0.647. The number of anilines is 1. The highest BCUT2D eigenvalue weighted by Crippen LogP contribution is 2.33. The van der Waals surface area contributed by atoms with Crippen LogP contribution in [-0.4, -0.2) is 53.6 Å². The van der Waals surface area contributed by atoms with E-state index in [4.69, 9.17) is 27.9 Å². The number of aromatic nitrogens is 2. The number of benzene rings is 1. The lowest BCUT2D eigenvalue weighted by Crippen LogP contribution is -2.40. The molecular formula is C21H20Cl2N4O2. The van der Waals surface area contributed by atoms with Crippen LogP contribution in [0, 0.1) is 0 Å². The summed E-state index contributed by atoms with van der Waals surface area (Å²) in [6.45, 7) is 3.81. The zero-order chi connectivity index (χ0) is 20.0. The second-order valence-corrected chi connectivity index (χ2v) is 8.22. The van der Waals surface area contributed by atoms with Crippen LogP contribution in [0.3, 0.4) is 0 Å². The number of amides is 1. The zero-order valence-electron chi connectivity index (χ0n) is 15.8. The van der Waals surface area contributed by atoms with Crippen LogP contribution >= 0.6 is 23.2 Å². The second kappa shape index (κ2) is 7.52. The fraction of sp³-hybridized carbons (Fsp3) is 0.333. The Labute approximate surface area is 178 Å². The number of nitrogens with zero attached hydrogens (tertiary/aromatic N) is 3. The quantitative estimate of drug-likeness (QED) is 0.669. The third kappa shape index (κ3) is 3.45. The Bertz CT molecular complexity index is 1090. The van der Waals surface area contributed by atoms with Crippen molar-refractivity contribution in [2.75, 3.05) is 37.7 Å². The summed E-state index contributed by atoms with van der Waals surface area (Å²) in [6.07, 6.45) is 2.49. The third-order valence-corrected chi connectivity index (χ3v) is 6.12. The summed E-state index contributed by atoms with van der Waals surface area (Å²) in [4.78, 5) is 24.7. The van der Waals surface area contributed by atoms with E-state index in [-0.39, 0.29) is 5.91 Å². The number of aromatic amines is 1. The molecule has 5 rings (SSSR count). The van der Waals surface area contributed by atoms with Crippen molar-refractivity contribution < 1.29 is 9.53 Å². The molecule has 1 saturated heterocycles. The third-order valence-electron chi connectivity index (χ3n) is 5.60. The standard InChI is InChI=1S/C21H20Cl2N4O2/c22-14-1-2-18-15(10-14)16-12-27(4-3-19(16)25-18)20-17(23)9-13(11-24-20)21(28)26-5-7-29-8-6-26/h1-2,9-11,25H,3-8,12H2. The topological polar surface area (TPSA) is 61.5 Å². The molecule has 6 nitrogen and oxygen atoms in total. The predicted molar refractivity (Wildman–Crippen MR) is 114 cm³/mol. The molecule has 2 aliphatic heterocycles. The summed E-state index contributed by atoms with van der Waals surface area (Å²) in [5, 5.41) is 2.34. The lowest BCUT2D eigenvalue weighted by molar-refractivity contribution is 0.0302. The minimum atomic E-state index is -0.0542. The SMILES string of the molecule is O=C(c1cnc(N2CCc3[nH]c4ccc(Cl)cc4c3C2)c(Cl)c1)N1CCOCC1. The van der Waals surface area contributed by atoms with E-state index < -0.39 is 0 Å². The maximum atomic E-state index is 12.7. The van der Waals surface area contributed by atoms with Crippen LogP contribution in [0.25, 0.3) is 10.9 Å². The summed E-state index contributed by atoms with van der Waals surface area (Å²) >= 11 is 12.8. The first-order valence-corrected chi connectivity index (χ1v) is 10.4. The largest absolute Gasteiger partial charge is 0.378 e. The first kappa shape index (κ1) is 18.7. The molecule has 0 saturated carbocycles. The summed E-state index contributed by atoms with van der Waals surface area (Å²) in [7, 11) is 0. The Morgan fingerprint density at radius 2 is 1.97 bits per heavy atom. The van der Waals surface area contributed by atoms with Crippen molar-refractivity contribution in [1.29, 1.82) is 0 Å². The highest BCUT2D eigenvalue weighted by Gasteiger charge is 2.25. The molecule has 3 aromatic rings. The molecule has 0 atom stereocenters. The number of nitrogens with one attached hydrogen (secondary N) is 1. The van der Waals surface area contributed by atoms with Gasteiger partial charge < -0.3 is 19.5 Å². The molecule has 150 valence electrons. The number of fused-ring (bicyclic) bond motifs is 3. The summed E-state index contributed by atoms with van der Waals surface area (Å²) in [6, 6.07) is 7.63. The normalized spacial score (nSPS) is 16.9. The minimum Gasteiger partial charge on any atom is -0.378 e. The van der Waals surface area contributed by atoms with Crippen molar-refractivity contribution >= 4 is 45.8 Å². The molecule has 8 heteroatoms. The van der Waals surface area contributed by atoms with Gasteiger partial charge in [0, 0.05) is 66.0 Å². The van der Waals surface area contributed by atoms with Crippen LogP contribution in [0.4, 0.5) is 5.82 Å². The molecule has 0 unspecified atom stereocenters. The molecule has 0 spiro atoms. The Hall–Kier alpha value is -2.28. The lowest BCUT2D eigenvalue weighted by Gasteiger charge is -2.30. The number of hydrogen-bond acceptors (Lipinski definition) is 4. The number of pyridine rings is 1. The molecule has 1 amide bonds. The molecule has 29 heavy (non-hydrogen) atoms. The van der Waals surface area contributed by atoms with Crippen molar-refractivity contribution in [3.8, 4) is 0 Å². The van der Waals surface area contributed by atoms with Crippen molar-refractivity contribution in [1.82, 2.24) is 14.9 Å². The summed E-state index contributed by atoms with van der Waals surface area (Å²) < 4.78 is 5.31. The Morgan fingerprint density at radius 1 is 1.14 bits per heavy atom. The maximum Gasteiger partial charge on any atom is 0.255 e. The van der Waals surface area contributed by atoms with Gasteiger partial charge in [0.1, 0.15) is 5.82 Å². The fourth-order valence-corrected chi connectivity index (χ4v) is 4.55. The molecule has 1 fully saturated rings. The van der Waals surface area contributed by atoms with E-state index in [0.29, 0.717) is 49.3 Å². The highest BCUT2D eigenvalue weighted by molar-refractivity contribution is 6.33. The number of rotatable bonds is 2. The van der Waals surface area contributed by atoms with Crippen molar-refractivity contribution in [2.45, 2.75) is 13.0 Å². The molecule has 0 bridgehead atoms. The van der Waals surface area contributed by atoms with Crippen LogP contribution in [-0.2, 0) is 17.7 Å². The minimum absolute atomic E-state index is 0.0542. The fourth-order valence-electron chi connectivity index (χ4n) is 4.10. The van der Waals surface area contributed by atoms with Crippen LogP contribution in [0.15, 0.2) is 30.5 Å². The molecule has 2 aromatic heterocycles. The number of halogens is 2. The molecule has 1 N–H and O–H groups in total. The molecule has 4 heterocycles. The molecule has 0 aliphatic carbocycles. The van der Waals surface area contributed by atoms with E-state index in [1.165, 1.54) is 11.3 Å². The Morgan fingerprint density at radius 3 is 2.76 bits per heavy atom. The van der Waals surface area contributed by atoms with E-state index in [9.17, 15) is 4.79 Å². The lowest BCUT2D eigenvalue weighted by atomic mass is 10.0. The second-order valence-electron chi connectivity index (χ2n) is 7.38. The monoisotopic (exact) mass is 430 g/mol. The smallest absolute Gasteiger partial charge is 0.255 e. The van der Waals surface area contributed by atoms with Crippen molar-refractivity contribution in [2.24, 2.45) is 0 Å². The number of carbonyl (C=O) groups is 1. The van der Waals surface area contributed by atoms with E-state index >= 15 is 0 Å². The summed E-state index contributed by atoms with van der Waals surface area (Å²) in [5.41, 5.74) is 4.05. The van der Waals surface area contributed by atoms with Crippen LogP contribution < -0.4 is 4.90 Å². The molecule has 1 aromatic carbocycles. The van der Waals surface area contributed by atoms with Gasteiger partial charge in [-0.15, -0.1) is 0 Å². The van der Waals surface area contributed by atoms with E-state index in [1.54, 1.807) is 17.2 Å². The van der Waals surface area contributed by atoms with Crippen LogP contribution in [0.1, 0.15) is 21.6 Å². The first-order chi connectivity index (χ1) is 14.1. The van der Waals surface area contributed by atoms with Crippen LogP contribution in [0.5, 0.6) is 0 Å². The highest BCUT2D eigenvalue weighted by atomic mass is 35.5. The van der Waals surface area contributed by atoms with Gasteiger partial charge in [-0.3, -0.25) is 4.79 Å². The Balaban J connectivity index is 1.41. The number of H-pyrrole nitrogens is 1. The van der Waals surface area contributed by atoms with E-state index in [0.717, 1.165) is 28.9 Å². The number of hydrogen-bond donors (Lipinski definition) is 1. The van der Waals surface area contributed by atoms with Gasteiger partial charge in [-0.1, -0.05) is 23.2 Å². The Kier molecular flexibility index (Phi) is 4.86. The van der Waals surface area contributed by atoms with Gasteiger partial charge in [0.2, 0.25) is 0 Å². The number of carbonyl (C=O) groups excluding carboxylic acids is 1. The van der Waals surface area contributed by atoms with Gasteiger partial charge in [-0.25, -0.2) is 4.98 Å². The maximum absolute atomic E-state index is 12.7. The molecular weight excluding hydrogens is 411 g/mol. The van der Waals surface area contributed by atoms with Gasteiger partial charge >= 0.3 is 0 Å². The average molecular weight is 431 g/mol. The van der Waals surface area contributed by atoms with Gasteiger partial charge in [0.25, 0.3) is 5.91 Å². The van der Waals surface area contributed by atoms with Gasteiger partial charge in [0.05, 0.1) is 23.8 Å².